The summed E-state index contributed by atoms with van der Waals surface area (Å²) in [7, 11) is 5.69. The molecule has 1 aliphatic carbocycles. The summed E-state index contributed by atoms with van der Waals surface area (Å²) < 4.78 is 5.44. The summed E-state index contributed by atoms with van der Waals surface area (Å²) in [5.41, 5.74) is 1.08. The molecule has 1 fully saturated rings. The summed E-state index contributed by atoms with van der Waals surface area (Å²) in [5, 5.41) is 6.05. The van der Waals surface area contributed by atoms with Crippen molar-refractivity contribution in [3.05, 3.63) is 29.8 Å². The molecule has 1 aromatic carbocycles. The van der Waals surface area contributed by atoms with Crippen LogP contribution in [0.2, 0.25) is 0 Å². The fourth-order valence-electron chi connectivity index (χ4n) is 3.01. The van der Waals surface area contributed by atoms with Crippen LogP contribution in [0, 0.1) is 0 Å². The zero-order valence-electron chi connectivity index (χ0n) is 13.8. The van der Waals surface area contributed by atoms with Crippen LogP contribution in [0.1, 0.15) is 37.3 Å². The molecule has 0 radical (unpaired) electrons. The molecule has 1 saturated carbocycles. The fraction of sp³-hybridized carbons (Fsp3) is 0.588. The molecule has 0 spiro atoms. The lowest BCUT2D eigenvalue weighted by Crippen LogP contribution is -2.44. The van der Waals surface area contributed by atoms with Crippen LogP contribution < -0.4 is 15.4 Å². The first-order chi connectivity index (χ1) is 10.6. The van der Waals surface area contributed by atoms with Crippen LogP contribution in [-0.4, -0.2) is 44.7 Å². The van der Waals surface area contributed by atoms with Gasteiger partial charge < -0.3 is 20.3 Å². The largest absolute Gasteiger partial charge is 0.496 e. The molecule has 1 aliphatic rings. The van der Waals surface area contributed by atoms with E-state index in [2.05, 4.69) is 15.5 Å². The molecule has 2 rings (SSSR count). The lowest BCUT2D eigenvalue weighted by atomic mass is 10.0. The number of para-hydroxylation sites is 1. The van der Waals surface area contributed by atoms with E-state index in [-0.39, 0.29) is 12.1 Å². The fourth-order valence-corrected chi connectivity index (χ4v) is 3.01. The molecule has 5 heteroatoms. The molecule has 2 N–H and O–H groups in total. The molecule has 0 saturated heterocycles. The molecule has 0 bridgehead atoms. The van der Waals surface area contributed by atoms with E-state index in [4.69, 9.17) is 4.74 Å². The number of amides is 2. The highest BCUT2D eigenvalue weighted by Crippen LogP contribution is 2.27. The van der Waals surface area contributed by atoms with E-state index in [1.54, 1.807) is 7.11 Å². The molecular formula is C17H27N3O2. The van der Waals surface area contributed by atoms with E-state index in [1.807, 2.05) is 38.4 Å². The zero-order chi connectivity index (χ0) is 15.9. The van der Waals surface area contributed by atoms with Gasteiger partial charge in [0, 0.05) is 18.2 Å². The second-order valence-electron chi connectivity index (χ2n) is 6.06. The standard InChI is InChI=1S/C17H27N3O2/c1-20(2)15(14-10-6-7-11-16(14)22-3)12-18-17(21)19-13-8-4-5-9-13/h6-7,10-11,13,15H,4-5,8-9,12H2,1-3H3,(H2,18,19,21). The molecule has 1 aromatic rings. The first-order valence-electron chi connectivity index (χ1n) is 7.95. The van der Waals surface area contributed by atoms with E-state index in [9.17, 15) is 4.79 Å². The van der Waals surface area contributed by atoms with Crippen molar-refractivity contribution in [2.75, 3.05) is 27.7 Å². The molecule has 0 aliphatic heterocycles. The summed E-state index contributed by atoms with van der Waals surface area (Å²) in [6, 6.07) is 8.27. The molecule has 22 heavy (non-hydrogen) atoms. The molecule has 5 nitrogen and oxygen atoms in total. The summed E-state index contributed by atoms with van der Waals surface area (Å²) in [4.78, 5) is 14.1. The van der Waals surface area contributed by atoms with Crippen LogP contribution in [0.5, 0.6) is 5.75 Å². The molecule has 0 heterocycles. The normalized spacial score (nSPS) is 16.5. The van der Waals surface area contributed by atoms with Crippen molar-refractivity contribution < 1.29 is 9.53 Å². The topological polar surface area (TPSA) is 53.6 Å². The number of hydrogen-bond acceptors (Lipinski definition) is 3. The molecule has 1 unspecified atom stereocenters. The van der Waals surface area contributed by atoms with Gasteiger partial charge in [0.15, 0.2) is 0 Å². The summed E-state index contributed by atoms with van der Waals surface area (Å²) in [6.45, 7) is 0.548. The zero-order valence-corrected chi connectivity index (χ0v) is 13.8. The van der Waals surface area contributed by atoms with Crippen molar-refractivity contribution in [2.45, 2.75) is 37.8 Å². The van der Waals surface area contributed by atoms with Gasteiger partial charge >= 0.3 is 6.03 Å². The van der Waals surface area contributed by atoms with Crippen LogP contribution in [0.25, 0.3) is 0 Å². The third kappa shape index (κ3) is 4.37. The second kappa shape index (κ2) is 8.03. The van der Waals surface area contributed by atoms with E-state index < -0.39 is 0 Å². The lowest BCUT2D eigenvalue weighted by molar-refractivity contribution is 0.228. The summed E-state index contributed by atoms with van der Waals surface area (Å²) >= 11 is 0. The highest BCUT2D eigenvalue weighted by atomic mass is 16.5. The van der Waals surface area contributed by atoms with Crippen LogP contribution in [-0.2, 0) is 0 Å². The van der Waals surface area contributed by atoms with Crippen LogP contribution >= 0.6 is 0 Å². The second-order valence-corrected chi connectivity index (χ2v) is 6.06. The average molecular weight is 305 g/mol. The van der Waals surface area contributed by atoms with Gasteiger partial charge in [0.2, 0.25) is 0 Å². The molecular weight excluding hydrogens is 278 g/mol. The Morgan fingerprint density at radius 3 is 2.64 bits per heavy atom. The van der Waals surface area contributed by atoms with E-state index in [0.717, 1.165) is 24.2 Å². The average Bonchev–Trinajstić information content (AvgIpc) is 3.00. The van der Waals surface area contributed by atoms with Gasteiger partial charge in [-0.1, -0.05) is 31.0 Å². The highest BCUT2D eigenvalue weighted by Gasteiger charge is 2.21. The minimum atomic E-state index is -0.0753. The minimum absolute atomic E-state index is 0.0745. The number of ether oxygens (including phenoxy) is 1. The van der Waals surface area contributed by atoms with Gasteiger partial charge in [-0.05, 0) is 33.0 Å². The maximum absolute atomic E-state index is 12.0. The number of rotatable bonds is 6. The number of benzene rings is 1. The Labute approximate surface area is 133 Å². The van der Waals surface area contributed by atoms with Gasteiger partial charge in [0.1, 0.15) is 5.75 Å². The third-order valence-electron chi connectivity index (χ3n) is 4.27. The van der Waals surface area contributed by atoms with Crippen molar-refractivity contribution in [2.24, 2.45) is 0 Å². The van der Waals surface area contributed by atoms with Crippen LogP contribution in [0.4, 0.5) is 4.79 Å². The Balaban J connectivity index is 1.95. The monoisotopic (exact) mass is 305 g/mol. The summed E-state index contributed by atoms with van der Waals surface area (Å²) in [6.07, 6.45) is 4.62. The maximum Gasteiger partial charge on any atom is 0.315 e. The third-order valence-corrected chi connectivity index (χ3v) is 4.27. The van der Waals surface area contributed by atoms with Crippen molar-refractivity contribution in [1.82, 2.24) is 15.5 Å². The van der Waals surface area contributed by atoms with Crippen molar-refractivity contribution >= 4 is 6.03 Å². The van der Waals surface area contributed by atoms with Gasteiger partial charge in [0.05, 0.1) is 13.2 Å². The molecule has 0 aromatic heterocycles. The van der Waals surface area contributed by atoms with Crippen molar-refractivity contribution in [3.8, 4) is 5.75 Å². The first-order valence-corrected chi connectivity index (χ1v) is 7.95. The van der Waals surface area contributed by atoms with Crippen LogP contribution in [0.15, 0.2) is 24.3 Å². The van der Waals surface area contributed by atoms with Crippen molar-refractivity contribution in [1.29, 1.82) is 0 Å². The van der Waals surface area contributed by atoms with Crippen LogP contribution in [0.3, 0.4) is 0 Å². The minimum Gasteiger partial charge on any atom is -0.496 e. The lowest BCUT2D eigenvalue weighted by Gasteiger charge is -2.27. The number of likely N-dealkylation sites (N-methyl/N-ethyl adjacent to an activating group) is 1. The van der Waals surface area contributed by atoms with Gasteiger partial charge in [-0.3, -0.25) is 0 Å². The van der Waals surface area contributed by atoms with Gasteiger partial charge in [0.25, 0.3) is 0 Å². The van der Waals surface area contributed by atoms with Gasteiger partial charge in [-0.15, -0.1) is 0 Å². The Hall–Kier alpha value is -1.75. The Morgan fingerprint density at radius 1 is 1.32 bits per heavy atom. The van der Waals surface area contributed by atoms with Gasteiger partial charge in [-0.25, -0.2) is 4.79 Å². The van der Waals surface area contributed by atoms with Gasteiger partial charge in [-0.2, -0.15) is 0 Å². The number of hydrogen-bond donors (Lipinski definition) is 2. The number of methoxy groups -OCH3 is 1. The number of carbonyl (C=O) groups excluding carboxylic acids is 1. The summed E-state index contributed by atoms with van der Waals surface area (Å²) in [5.74, 6) is 0.846. The first kappa shape index (κ1) is 16.6. The SMILES string of the molecule is COc1ccccc1C(CNC(=O)NC1CCCC1)N(C)C. The quantitative estimate of drug-likeness (QED) is 0.849. The predicted molar refractivity (Wildman–Crippen MR) is 88.2 cm³/mol. The number of nitrogens with one attached hydrogen (secondary N) is 2. The molecule has 122 valence electrons. The Kier molecular flexibility index (Phi) is 6.07. The Morgan fingerprint density at radius 2 is 2.00 bits per heavy atom. The smallest absolute Gasteiger partial charge is 0.315 e. The predicted octanol–water partition coefficient (Wildman–Crippen LogP) is 2.54. The van der Waals surface area contributed by atoms with E-state index >= 15 is 0 Å². The maximum atomic E-state index is 12.0. The van der Waals surface area contributed by atoms with Crippen molar-refractivity contribution in [3.63, 3.8) is 0 Å². The highest BCUT2D eigenvalue weighted by molar-refractivity contribution is 5.74. The van der Waals surface area contributed by atoms with E-state index in [1.165, 1.54) is 12.8 Å². The number of nitrogens with zero attached hydrogens (tertiary/aromatic N) is 1. The Bertz CT molecular complexity index is 485. The number of carbonyl (C=O) groups is 1. The molecule has 2 amide bonds. The number of urea groups is 1. The molecule has 1 atom stereocenters. The van der Waals surface area contributed by atoms with E-state index in [0.29, 0.717) is 12.6 Å².